The Hall–Kier alpha value is -1.93. The lowest BCUT2D eigenvalue weighted by atomic mass is 10.3. The Kier molecular flexibility index (Phi) is 4.70. The minimum absolute atomic E-state index is 0.265. The first-order chi connectivity index (χ1) is 9.62. The summed E-state index contributed by atoms with van der Waals surface area (Å²) in [6.45, 7) is 3.50. The summed E-state index contributed by atoms with van der Waals surface area (Å²) in [5.74, 6) is 0. The van der Waals surface area contributed by atoms with Gasteiger partial charge in [0.15, 0.2) is 0 Å². The van der Waals surface area contributed by atoms with Crippen molar-refractivity contribution in [3.8, 4) is 0 Å². The van der Waals surface area contributed by atoms with Crippen molar-refractivity contribution in [2.45, 2.75) is 18.4 Å². The van der Waals surface area contributed by atoms with E-state index in [9.17, 15) is 8.42 Å². The van der Waals surface area contributed by atoms with Gasteiger partial charge in [0, 0.05) is 25.0 Å². The summed E-state index contributed by atoms with van der Waals surface area (Å²) in [5, 5.41) is 10.8. The minimum Gasteiger partial charge on any atom is -0.383 e. The number of nitrogens with zero attached hydrogens (tertiary/aromatic N) is 3. The second kappa shape index (κ2) is 6.49. The highest BCUT2D eigenvalue weighted by Gasteiger charge is 2.11. The van der Waals surface area contributed by atoms with Gasteiger partial charge in [0.05, 0.1) is 17.6 Å². The van der Waals surface area contributed by atoms with E-state index in [-0.39, 0.29) is 4.90 Å². The normalized spacial score (nSPS) is 11.4. The predicted octanol–water partition coefficient (Wildman–Crippen LogP) is 0.688. The molecule has 0 unspecified atom stereocenters. The molecule has 1 aromatic carbocycles. The summed E-state index contributed by atoms with van der Waals surface area (Å²) >= 11 is 0. The molecule has 1 aromatic heterocycles. The van der Waals surface area contributed by atoms with E-state index < -0.39 is 10.0 Å². The molecule has 2 aromatic rings. The maximum absolute atomic E-state index is 11.8. The summed E-state index contributed by atoms with van der Waals surface area (Å²) in [6.07, 6.45) is 3.41. The van der Waals surface area contributed by atoms with Crippen LogP contribution in [0.3, 0.4) is 0 Å². The van der Waals surface area contributed by atoms with Gasteiger partial charge in [0.1, 0.15) is 0 Å². The Morgan fingerprint density at radius 2 is 2.00 bits per heavy atom. The van der Waals surface area contributed by atoms with Crippen LogP contribution in [0.5, 0.6) is 0 Å². The molecule has 0 amide bonds. The van der Waals surface area contributed by atoms with Crippen molar-refractivity contribution >= 4 is 15.7 Å². The Morgan fingerprint density at radius 3 is 2.60 bits per heavy atom. The van der Waals surface area contributed by atoms with Gasteiger partial charge >= 0.3 is 0 Å². The number of benzene rings is 1. The van der Waals surface area contributed by atoms with Crippen LogP contribution < -0.4 is 10.0 Å². The average Bonchev–Trinajstić information content (AvgIpc) is 2.92. The molecule has 108 valence electrons. The molecule has 0 aliphatic rings. The molecule has 7 nitrogen and oxygen atoms in total. The fourth-order valence-corrected chi connectivity index (χ4v) is 2.73. The Bertz CT molecular complexity index is 622. The van der Waals surface area contributed by atoms with Gasteiger partial charge in [-0.2, -0.15) is 0 Å². The van der Waals surface area contributed by atoms with Crippen molar-refractivity contribution in [1.82, 2.24) is 19.7 Å². The van der Waals surface area contributed by atoms with Gasteiger partial charge in [-0.25, -0.2) is 13.1 Å². The molecule has 0 aliphatic heterocycles. The molecular weight excluding hydrogens is 278 g/mol. The maximum Gasteiger partial charge on any atom is 0.240 e. The van der Waals surface area contributed by atoms with E-state index in [1.54, 1.807) is 48.3 Å². The first-order valence-electron chi connectivity index (χ1n) is 6.29. The van der Waals surface area contributed by atoms with Crippen molar-refractivity contribution in [3.05, 3.63) is 36.7 Å². The number of sulfonamides is 1. The summed E-state index contributed by atoms with van der Waals surface area (Å²) in [6, 6.07) is 6.64. The highest BCUT2D eigenvalue weighted by atomic mass is 32.2. The molecule has 0 radical (unpaired) electrons. The first kappa shape index (κ1) is 14.5. The monoisotopic (exact) mass is 295 g/mol. The molecule has 0 saturated heterocycles. The van der Waals surface area contributed by atoms with Crippen LogP contribution in [0, 0.1) is 0 Å². The standard InChI is InChI=1S/C12H17N5O2S/c1-2-15-20(18,19)12-5-3-11(4-6-12)13-7-9-17-10-8-14-16-17/h3-6,8,10,13,15H,2,7,9H2,1H3. The van der Waals surface area contributed by atoms with E-state index in [1.165, 1.54) is 0 Å². The van der Waals surface area contributed by atoms with Crippen LogP contribution in [0.4, 0.5) is 5.69 Å². The molecule has 2 rings (SSSR count). The molecule has 0 bridgehead atoms. The van der Waals surface area contributed by atoms with Crippen LogP contribution in [0.25, 0.3) is 0 Å². The topological polar surface area (TPSA) is 88.9 Å². The van der Waals surface area contributed by atoms with Gasteiger partial charge < -0.3 is 5.32 Å². The van der Waals surface area contributed by atoms with E-state index in [2.05, 4.69) is 20.4 Å². The van der Waals surface area contributed by atoms with E-state index in [1.807, 2.05) is 0 Å². The maximum atomic E-state index is 11.8. The minimum atomic E-state index is -3.38. The van der Waals surface area contributed by atoms with Gasteiger partial charge in [-0.15, -0.1) is 5.10 Å². The van der Waals surface area contributed by atoms with Gasteiger partial charge in [-0.3, -0.25) is 4.68 Å². The van der Waals surface area contributed by atoms with Crippen molar-refractivity contribution in [2.75, 3.05) is 18.4 Å². The second-order valence-electron chi connectivity index (χ2n) is 4.12. The Balaban J connectivity index is 1.91. The first-order valence-corrected chi connectivity index (χ1v) is 7.78. The Labute approximate surface area is 118 Å². The third-order valence-corrected chi connectivity index (χ3v) is 4.20. The third kappa shape index (κ3) is 3.78. The van der Waals surface area contributed by atoms with Gasteiger partial charge in [0.2, 0.25) is 10.0 Å². The lowest BCUT2D eigenvalue weighted by Crippen LogP contribution is -2.23. The molecule has 1 heterocycles. The summed E-state index contributed by atoms with van der Waals surface area (Å²) in [5.41, 5.74) is 0.862. The molecule has 0 atom stereocenters. The number of rotatable bonds is 7. The number of anilines is 1. The van der Waals surface area contributed by atoms with Crippen LogP contribution in [0.2, 0.25) is 0 Å². The second-order valence-corrected chi connectivity index (χ2v) is 5.89. The smallest absolute Gasteiger partial charge is 0.240 e. The van der Waals surface area contributed by atoms with Crippen molar-refractivity contribution in [3.63, 3.8) is 0 Å². The SMILES string of the molecule is CCNS(=O)(=O)c1ccc(NCCn2ccnn2)cc1. The molecule has 0 aliphatic carbocycles. The van der Waals surface area contributed by atoms with E-state index in [0.717, 1.165) is 5.69 Å². The number of hydrogen-bond acceptors (Lipinski definition) is 5. The van der Waals surface area contributed by atoms with E-state index in [4.69, 9.17) is 0 Å². The molecule has 0 saturated carbocycles. The molecular formula is C12H17N5O2S. The fraction of sp³-hybridized carbons (Fsp3) is 0.333. The number of nitrogens with one attached hydrogen (secondary N) is 2. The highest BCUT2D eigenvalue weighted by molar-refractivity contribution is 7.89. The third-order valence-electron chi connectivity index (χ3n) is 2.64. The summed E-state index contributed by atoms with van der Waals surface area (Å²) < 4.78 is 27.7. The lowest BCUT2D eigenvalue weighted by Gasteiger charge is -2.08. The largest absolute Gasteiger partial charge is 0.383 e. The molecule has 2 N–H and O–H groups in total. The summed E-state index contributed by atoms with van der Waals surface area (Å²) in [4.78, 5) is 0.265. The number of aromatic nitrogens is 3. The van der Waals surface area contributed by atoms with Gasteiger partial charge in [-0.05, 0) is 24.3 Å². The van der Waals surface area contributed by atoms with E-state index >= 15 is 0 Å². The average molecular weight is 295 g/mol. The van der Waals surface area contributed by atoms with Crippen LogP contribution in [0.15, 0.2) is 41.6 Å². The van der Waals surface area contributed by atoms with Crippen LogP contribution in [0.1, 0.15) is 6.92 Å². The van der Waals surface area contributed by atoms with Crippen molar-refractivity contribution in [1.29, 1.82) is 0 Å². The molecule has 20 heavy (non-hydrogen) atoms. The number of hydrogen-bond donors (Lipinski definition) is 2. The van der Waals surface area contributed by atoms with Crippen LogP contribution in [-0.2, 0) is 16.6 Å². The quantitative estimate of drug-likeness (QED) is 0.784. The fourth-order valence-electron chi connectivity index (χ4n) is 1.69. The summed E-state index contributed by atoms with van der Waals surface area (Å²) in [7, 11) is -3.38. The van der Waals surface area contributed by atoms with Gasteiger partial charge in [0.25, 0.3) is 0 Å². The molecule has 0 fully saturated rings. The Morgan fingerprint density at radius 1 is 1.25 bits per heavy atom. The lowest BCUT2D eigenvalue weighted by molar-refractivity contribution is 0.584. The zero-order chi connectivity index (χ0) is 14.4. The van der Waals surface area contributed by atoms with E-state index in [0.29, 0.717) is 19.6 Å². The van der Waals surface area contributed by atoms with Crippen LogP contribution in [-0.4, -0.2) is 36.5 Å². The van der Waals surface area contributed by atoms with Crippen molar-refractivity contribution < 1.29 is 8.42 Å². The molecule has 8 heteroatoms. The predicted molar refractivity (Wildman–Crippen MR) is 75.8 cm³/mol. The molecule has 0 spiro atoms. The highest BCUT2D eigenvalue weighted by Crippen LogP contribution is 2.13. The van der Waals surface area contributed by atoms with Crippen LogP contribution >= 0.6 is 0 Å². The van der Waals surface area contributed by atoms with Crippen molar-refractivity contribution in [2.24, 2.45) is 0 Å². The zero-order valence-electron chi connectivity index (χ0n) is 11.2. The zero-order valence-corrected chi connectivity index (χ0v) is 12.0. The van der Waals surface area contributed by atoms with Gasteiger partial charge in [-0.1, -0.05) is 12.1 Å².